The first-order chi connectivity index (χ1) is 9.93. The third-order valence-corrected chi connectivity index (χ3v) is 5.05. The van der Waals surface area contributed by atoms with Crippen LogP contribution < -0.4 is 5.73 Å². The molecule has 0 radical (unpaired) electrons. The first kappa shape index (κ1) is 16.5. The lowest BCUT2D eigenvalue weighted by atomic mass is 9.90. The van der Waals surface area contributed by atoms with Crippen molar-refractivity contribution >= 4 is 21.8 Å². The van der Waals surface area contributed by atoms with Gasteiger partial charge in [0.25, 0.3) is 0 Å². The number of rotatable bonds is 5. The van der Waals surface area contributed by atoms with Crippen molar-refractivity contribution in [2.24, 2.45) is 11.1 Å². The summed E-state index contributed by atoms with van der Waals surface area (Å²) in [5, 5.41) is 0. The predicted molar refractivity (Wildman–Crippen MR) is 88.8 cm³/mol. The number of amides is 1. The average Bonchev–Trinajstić information content (AvgIpc) is 2.83. The number of hydrogen-bond donors (Lipinski definition) is 1. The van der Waals surface area contributed by atoms with Crippen molar-refractivity contribution < 1.29 is 4.79 Å². The lowest BCUT2D eigenvalue weighted by Crippen LogP contribution is -2.39. The number of carbonyl (C=O) groups is 1. The third-order valence-electron chi connectivity index (χ3n) is 4.28. The highest BCUT2D eigenvalue weighted by Crippen LogP contribution is 2.28. The predicted octanol–water partition coefficient (Wildman–Crippen LogP) is 2.08. The molecule has 1 aromatic carbocycles. The van der Waals surface area contributed by atoms with Gasteiger partial charge in [-0.3, -0.25) is 9.69 Å². The van der Waals surface area contributed by atoms with Crippen molar-refractivity contribution in [3.8, 4) is 0 Å². The summed E-state index contributed by atoms with van der Waals surface area (Å²) in [6.07, 6.45) is 1.07. The number of benzene rings is 1. The topological polar surface area (TPSA) is 49.6 Å². The maximum absolute atomic E-state index is 12.4. The van der Waals surface area contributed by atoms with Crippen molar-refractivity contribution in [3.63, 3.8) is 0 Å². The van der Waals surface area contributed by atoms with Crippen LogP contribution in [0.4, 0.5) is 0 Å². The lowest BCUT2D eigenvalue weighted by molar-refractivity contribution is -0.131. The molecule has 1 atom stereocenters. The SMILES string of the molecule is CN(Cc1ccccc1Br)C(=O)CN1CCC(C)(CN)C1. The monoisotopic (exact) mass is 353 g/mol. The van der Waals surface area contributed by atoms with E-state index in [2.05, 4.69) is 27.8 Å². The summed E-state index contributed by atoms with van der Waals surface area (Å²) < 4.78 is 1.04. The van der Waals surface area contributed by atoms with Crippen LogP contribution in [0.15, 0.2) is 28.7 Å². The largest absolute Gasteiger partial charge is 0.340 e. The third kappa shape index (κ3) is 4.28. The second kappa shape index (κ2) is 6.90. The zero-order valence-corrected chi connectivity index (χ0v) is 14.4. The van der Waals surface area contributed by atoms with E-state index in [4.69, 9.17) is 5.73 Å². The summed E-state index contributed by atoms with van der Waals surface area (Å²) in [4.78, 5) is 16.4. The molecule has 2 rings (SSSR count). The molecule has 2 N–H and O–H groups in total. The highest BCUT2D eigenvalue weighted by Gasteiger charge is 2.33. The van der Waals surface area contributed by atoms with Gasteiger partial charge in [0.05, 0.1) is 6.54 Å². The number of likely N-dealkylation sites (N-methyl/N-ethyl adjacent to an activating group) is 1. The zero-order chi connectivity index (χ0) is 15.5. The molecule has 1 aliphatic rings. The van der Waals surface area contributed by atoms with E-state index in [0.717, 1.165) is 29.5 Å². The Morgan fingerprint density at radius 1 is 1.48 bits per heavy atom. The van der Waals surface area contributed by atoms with Gasteiger partial charge in [-0.25, -0.2) is 0 Å². The number of carbonyl (C=O) groups excluding carboxylic acids is 1. The molecule has 1 amide bonds. The van der Waals surface area contributed by atoms with Crippen LogP contribution in [0.5, 0.6) is 0 Å². The van der Waals surface area contributed by atoms with Crippen LogP contribution in [-0.4, -0.2) is 48.9 Å². The van der Waals surface area contributed by atoms with Gasteiger partial charge in [0.15, 0.2) is 0 Å². The highest BCUT2D eigenvalue weighted by molar-refractivity contribution is 9.10. The lowest BCUT2D eigenvalue weighted by Gasteiger charge is -2.24. The molecule has 1 saturated heterocycles. The van der Waals surface area contributed by atoms with Gasteiger partial charge in [-0.15, -0.1) is 0 Å². The molecule has 21 heavy (non-hydrogen) atoms. The minimum atomic E-state index is 0.159. The Hall–Kier alpha value is -0.910. The summed E-state index contributed by atoms with van der Waals surface area (Å²) in [5.74, 6) is 0.159. The van der Waals surface area contributed by atoms with Crippen LogP contribution in [0, 0.1) is 5.41 Å². The standard InChI is InChI=1S/C16H24BrN3O/c1-16(11-18)7-8-20(12-16)10-15(21)19(2)9-13-5-3-4-6-14(13)17/h3-6H,7-12,18H2,1-2H3. The number of halogens is 1. The Morgan fingerprint density at radius 2 is 2.19 bits per heavy atom. The molecule has 4 nitrogen and oxygen atoms in total. The van der Waals surface area contributed by atoms with Gasteiger partial charge in [0.1, 0.15) is 0 Å². The van der Waals surface area contributed by atoms with Crippen molar-refractivity contribution in [1.82, 2.24) is 9.80 Å². The Labute approximate surface area is 135 Å². The van der Waals surface area contributed by atoms with E-state index in [0.29, 0.717) is 19.6 Å². The average molecular weight is 354 g/mol. The number of nitrogens with zero attached hydrogens (tertiary/aromatic N) is 2. The van der Waals surface area contributed by atoms with E-state index in [-0.39, 0.29) is 11.3 Å². The molecule has 1 fully saturated rings. The van der Waals surface area contributed by atoms with Crippen molar-refractivity contribution in [2.75, 3.05) is 33.2 Å². The minimum Gasteiger partial charge on any atom is -0.340 e. The second-order valence-corrected chi connectivity index (χ2v) is 7.17. The maximum Gasteiger partial charge on any atom is 0.236 e. The molecule has 0 aromatic heterocycles. The molecule has 1 aliphatic heterocycles. The highest BCUT2D eigenvalue weighted by atomic mass is 79.9. The van der Waals surface area contributed by atoms with E-state index in [1.807, 2.05) is 31.3 Å². The summed E-state index contributed by atoms with van der Waals surface area (Å²) in [5.41, 5.74) is 7.11. The van der Waals surface area contributed by atoms with Gasteiger partial charge in [-0.2, -0.15) is 0 Å². The van der Waals surface area contributed by atoms with Gasteiger partial charge in [0.2, 0.25) is 5.91 Å². The normalized spacial score (nSPS) is 22.5. The Bertz CT molecular complexity index is 508. The molecular weight excluding hydrogens is 330 g/mol. The quantitative estimate of drug-likeness (QED) is 0.881. The van der Waals surface area contributed by atoms with Crippen LogP contribution in [0.1, 0.15) is 18.9 Å². The Balaban J connectivity index is 1.88. The molecule has 0 spiro atoms. The van der Waals surface area contributed by atoms with E-state index in [9.17, 15) is 4.79 Å². The molecular formula is C16H24BrN3O. The fourth-order valence-electron chi connectivity index (χ4n) is 2.71. The zero-order valence-electron chi connectivity index (χ0n) is 12.8. The first-order valence-electron chi connectivity index (χ1n) is 7.33. The molecule has 1 heterocycles. The number of nitrogens with two attached hydrogens (primary N) is 1. The summed E-state index contributed by atoms with van der Waals surface area (Å²) in [7, 11) is 1.86. The molecule has 0 saturated carbocycles. The molecule has 5 heteroatoms. The second-order valence-electron chi connectivity index (χ2n) is 6.32. The van der Waals surface area contributed by atoms with Crippen LogP contribution in [-0.2, 0) is 11.3 Å². The fraction of sp³-hybridized carbons (Fsp3) is 0.562. The first-order valence-corrected chi connectivity index (χ1v) is 8.13. The Morgan fingerprint density at radius 3 is 2.81 bits per heavy atom. The van der Waals surface area contributed by atoms with Gasteiger partial charge in [-0.05, 0) is 36.6 Å². The van der Waals surface area contributed by atoms with Crippen LogP contribution >= 0.6 is 15.9 Å². The summed E-state index contributed by atoms with van der Waals surface area (Å²) in [6, 6.07) is 8.01. The molecule has 116 valence electrons. The minimum absolute atomic E-state index is 0.159. The van der Waals surface area contributed by atoms with Crippen molar-refractivity contribution in [3.05, 3.63) is 34.3 Å². The molecule has 1 aromatic rings. The number of hydrogen-bond acceptors (Lipinski definition) is 3. The van der Waals surface area contributed by atoms with E-state index in [1.54, 1.807) is 4.90 Å². The van der Waals surface area contributed by atoms with Gasteiger partial charge in [0, 0.05) is 24.6 Å². The summed E-state index contributed by atoms with van der Waals surface area (Å²) >= 11 is 3.52. The van der Waals surface area contributed by atoms with Crippen LogP contribution in [0.3, 0.4) is 0 Å². The maximum atomic E-state index is 12.4. The van der Waals surface area contributed by atoms with Gasteiger partial charge in [-0.1, -0.05) is 41.1 Å². The van der Waals surface area contributed by atoms with Crippen molar-refractivity contribution in [1.29, 1.82) is 0 Å². The Kier molecular flexibility index (Phi) is 5.41. The fourth-order valence-corrected chi connectivity index (χ4v) is 3.12. The smallest absolute Gasteiger partial charge is 0.236 e. The van der Waals surface area contributed by atoms with E-state index in [1.165, 1.54) is 0 Å². The number of likely N-dealkylation sites (tertiary alicyclic amines) is 1. The van der Waals surface area contributed by atoms with Crippen LogP contribution in [0.2, 0.25) is 0 Å². The van der Waals surface area contributed by atoms with Gasteiger partial charge < -0.3 is 10.6 Å². The van der Waals surface area contributed by atoms with Gasteiger partial charge >= 0.3 is 0 Å². The van der Waals surface area contributed by atoms with E-state index < -0.39 is 0 Å². The molecule has 0 aliphatic carbocycles. The van der Waals surface area contributed by atoms with Crippen molar-refractivity contribution in [2.45, 2.75) is 19.9 Å². The van der Waals surface area contributed by atoms with Crippen LogP contribution in [0.25, 0.3) is 0 Å². The molecule has 1 unspecified atom stereocenters. The summed E-state index contributed by atoms with van der Waals surface area (Å²) in [6.45, 7) is 5.87. The van der Waals surface area contributed by atoms with E-state index >= 15 is 0 Å². The molecule has 0 bridgehead atoms.